The zero-order valence-corrected chi connectivity index (χ0v) is 18.1. The van der Waals surface area contributed by atoms with Crippen molar-refractivity contribution in [2.75, 3.05) is 11.6 Å². The summed E-state index contributed by atoms with van der Waals surface area (Å²) in [4.78, 5) is 16.4. The van der Waals surface area contributed by atoms with Crippen molar-refractivity contribution in [2.45, 2.75) is 49.5 Å². The van der Waals surface area contributed by atoms with Crippen molar-refractivity contribution in [3.63, 3.8) is 0 Å². The van der Waals surface area contributed by atoms with Gasteiger partial charge in [0.2, 0.25) is 5.92 Å². The fourth-order valence-electron chi connectivity index (χ4n) is 3.55. The van der Waals surface area contributed by atoms with Crippen molar-refractivity contribution in [2.24, 2.45) is 5.92 Å². The minimum absolute atomic E-state index is 0.0949. The number of alkyl halides is 7. The van der Waals surface area contributed by atoms with Crippen molar-refractivity contribution in [3.05, 3.63) is 29.6 Å². The Labute approximate surface area is 188 Å². The van der Waals surface area contributed by atoms with Crippen LogP contribution in [0.4, 0.5) is 36.4 Å². The molecule has 8 nitrogen and oxygen atoms in total. The van der Waals surface area contributed by atoms with Crippen LogP contribution in [0.25, 0.3) is 0 Å². The Morgan fingerprint density at radius 2 is 2.03 bits per heavy atom. The highest BCUT2D eigenvalue weighted by Crippen LogP contribution is 2.42. The van der Waals surface area contributed by atoms with Gasteiger partial charge in [-0.25, -0.2) is 22.2 Å². The van der Waals surface area contributed by atoms with Crippen LogP contribution in [0, 0.1) is 5.92 Å². The zero-order valence-electron chi connectivity index (χ0n) is 17.2. The highest BCUT2D eigenvalue weighted by atomic mass is 32.2. The maximum Gasteiger partial charge on any atom is 0.423 e. The van der Waals surface area contributed by atoms with E-state index < -0.39 is 81.9 Å². The molecule has 3 rings (SSSR count). The minimum atomic E-state index is -5.38. The largest absolute Gasteiger partial charge is 0.423 e. The van der Waals surface area contributed by atoms with E-state index in [0.29, 0.717) is 4.68 Å². The summed E-state index contributed by atoms with van der Waals surface area (Å²) in [5.74, 6) is -7.04. The van der Waals surface area contributed by atoms with Gasteiger partial charge in [0.25, 0.3) is 11.8 Å². The highest BCUT2D eigenvalue weighted by molar-refractivity contribution is 7.90. The van der Waals surface area contributed by atoms with Crippen molar-refractivity contribution in [1.29, 1.82) is 0 Å². The average Bonchev–Trinajstić information content (AvgIpc) is 3.20. The average molecular weight is 518 g/mol. The normalized spacial score (nSPS) is 18.3. The SMILES string of the molecule is CS(=O)(=O)c1cc(NC(=O)c2c(C(F)(F)F)c(OC(F)F)nn2CC2CCC(F)(F)C2)ccn1. The summed E-state index contributed by atoms with van der Waals surface area (Å²) in [6.45, 7) is -4.31. The third-order valence-electron chi connectivity index (χ3n) is 4.93. The van der Waals surface area contributed by atoms with E-state index in [1.54, 1.807) is 0 Å². The van der Waals surface area contributed by atoms with Crippen LogP contribution in [0.15, 0.2) is 23.4 Å². The number of halogens is 7. The predicted octanol–water partition coefficient (Wildman–Crippen LogP) is 3.99. The molecule has 16 heteroatoms. The van der Waals surface area contributed by atoms with Crippen molar-refractivity contribution < 1.29 is 48.7 Å². The number of anilines is 1. The Morgan fingerprint density at radius 3 is 2.56 bits per heavy atom. The van der Waals surface area contributed by atoms with Crippen LogP contribution in [0.1, 0.15) is 35.3 Å². The molecule has 1 aliphatic rings. The second-order valence-corrected chi connectivity index (χ2v) is 9.62. The second kappa shape index (κ2) is 9.03. The molecule has 0 aromatic carbocycles. The summed E-state index contributed by atoms with van der Waals surface area (Å²) < 4.78 is 121. The van der Waals surface area contributed by atoms with E-state index in [9.17, 15) is 43.9 Å². The maximum atomic E-state index is 13.8. The number of pyridine rings is 1. The molecule has 1 aliphatic carbocycles. The molecule has 2 aromatic heterocycles. The van der Waals surface area contributed by atoms with Gasteiger partial charge in [0.1, 0.15) is 5.69 Å². The van der Waals surface area contributed by atoms with Crippen molar-refractivity contribution in [3.8, 4) is 5.88 Å². The summed E-state index contributed by atoms with van der Waals surface area (Å²) in [5.41, 5.74) is -3.45. The molecule has 2 aromatic rings. The van der Waals surface area contributed by atoms with Crippen LogP contribution in [0.5, 0.6) is 5.88 Å². The van der Waals surface area contributed by atoms with E-state index in [1.165, 1.54) is 0 Å². The first-order valence-corrected chi connectivity index (χ1v) is 11.4. The molecule has 1 N–H and O–H groups in total. The standard InChI is InChI=1S/C18H17F7N4O4S/c1-34(31,32)11-6-10(3-5-26-11)27-14(30)13-12(18(23,24)25)15(33-16(19)20)28-29(13)8-9-2-4-17(21,22)7-9/h3,5-6,9,16H,2,4,7-8H2,1H3,(H,26,27,30). The highest BCUT2D eigenvalue weighted by Gasteiger charge is 2.46. The number of hydrogen-bond acceptors (Lipinski definition) is 6. The third kappa shape index (κ3) is 5.95. The molecule has 34 heavy (non-hydrogen) atoms. The predicted molar refractivity (Wildman–Crippen MR) is 101 cm³/mol. The second-order valence-electron chi connectivity index (χ2n) is 7.66. The first-order valence-electron chi connectivity index (χ1n) is 9.55. The molecule has 1 amide bonds. The quantitative estimate of drug-likeness (QED) is 0.557. The van der Waals surface area contributed by atoms with Crippen LogP contribution in [0.2, 0.25) is 0 Å². The van der Waals surface area contributed by atoms with E-state index in [4.69, 9.17) is 0 Å². The van der Waals surface area contributed by atoms with Gasteiger partial charge in [-0.15, -0.1) is 5.10 Å². The topological polar surface area (TPSA) is 103 Å². The van der Waals surface area contributed by atoms with Gasteiger partial charge in [-0.05, 0) is 24.5 Å². The number of nitrogens with one attached hydrogen (secondary N) is 1. The van der Waals surface area contributed by atoms with Crippen LogP contribution < -0.4 is 10.1 Å². The lowest BCUT2D eigenvalue weighted by atomic mass is 10.1. The van der Waals surface area contributed by atoms with E-state index >= 15 is 0 Å². The minimum Gasteiger partial charge on any atom is -0.415 e. The van der Waals surface area contributed by atoms with Gasteiger partial charge >= 0.3 is 12.8 Å². The fraction of sp³-hybridized carbons (Fsp3) is 0.500. The molecular weight excluding hydrogens is 501 g/mol. The van der Waals surface area contributed by atoms with Gasteiger partial charge < -0.3 is 10.1 Å². The molecule has 0 saturated heterocycles. The Bertz CT molecular complexity index is 1180. The van der Waals surface area contributed by atoms with Gasteiger partial charge in [0, 0.05) is 37.5 Å². The Kier molecular flexibility index (Phi) is 6.83. The number of nitrogens with zero attached hydrogens (tertiary/aromatic N) is 3. The Balaban J connectivity index is 2.05. The van der Waals surface area contributed by atoms with Crippen LogP contribution in [0.3, 0.4) is 0 Å². The molecule has 0 radical (unpaired) electrons. The lowest BCUT2D eigenvalue weighted by Crippen LogP contribution is -2.24. The Hall–Kier alpha value is -2.91. The number of carbonyl (C=O) groups excluding carboxylic acids is 1. The smallest absolute Gasteiger partial charge is 0.415 e. The fourth-order valence-corrected chi connectivity index (χ4v) is 4.14. The number of amides is 1. The maximum absolute atomic E-state index is 13.8. The van der Waals surface area contributed by atoms with Crippen LogP contribution >= 0.6 is 0 Å². The molecule has 2 heterocycles. The first-order chi connectivity index (χ1) is 15.6. The number of ether oxygens (including phenoxy) is 1. The molecule has 0 bridgehead atoms. The molecule has 1 saturated carbocycles. The molecule has 1 atom stereocenters. The van der Waals surface area contributed by atoms with Crippen LogP contribution in [-0.2, 0) is 22.6 Å². The number of sulfone groups is 1. The van der Waals surface area contributed by atoms with Crippen LogP contribution in [-0.4, -0.2) is 47.9 Å². The van der Waals surface area contributed by atoms with Gasteiger partial charge in [-0.1, -0.05) is 0 Å². The number of hydrogen-bond donors (Lipinski definition) is 1. The molecule has 1 fully saturated rings. The summed E-state index contributed by atoms with van der Waals surface area (Å²) in [6.07, 6.45) is -4.92. The van der Waals surface area contributed by atoms with Crippen molar-refractivity contribution >= 4 is 21.4 Å². The van der Waals surface area contributed by atoms with Gasteiger partial charge in [0.05, 0.1) is 0 Å². The van der Waals surface area contributed by atoms with Gasteiger partial charge in [-0.3, -0.25) is 9.48 Å². The molecule has 1 unspecified atom stereocenters. The van der Waals surface area contributed by atoms with E-state index in [0.717, 1.165) is 24.6 Å². The molecular formula is C18H17F7N4O4S. The molecule has 188 valence electrons. The first kappa shape index (κ1) is 25.7. The zero-order chi connectivity index (χ0) is 25.5. The molecule has 0 spiro atoms. The third-order valence-corrected chi connectivity index (χ3v) is 5.91. The summed E-state index contributed by atoms with van der Waals surface area (Å²) in [7, 11) is -3.84. The van der Waals surface area contributed by atoms with E-state index in [1.807, 2.05) is 5.32 Å². The molecule has 0 aliphatic heterocycles. The summed E-state index contributed by atoms with van der Waals surface area (Å²) in [6, 6.07) is 1.95. The number of carbonyl (C=O) groups is 1. The lowest BCUT2D eigenvalue weighted by Gasteiger charge is -2.15. The summed E-state index contributed by atoms with van der Waals surface area (Å²) in [5, 5.41) is 4.87. The number of aromatic nitrogens is 3. The van der Waals surface area contributed by atoms with Gasteiger partial charge in [-0.2, -0.15) is 22.0 Å². The Morgan fingerprint density at radius 1 is 1.35 bits per heavy atom. The summed E-state index contributed by atoms with van der Waals surface area (Å²) >= 11 is 0. The lowest BCUT2D eigenvalue weighted by molar-refractivity contribution is -0.142. The monoisotopic (exact) mass is 518 g/mol. The number of rotatable bonds is 7. The van der Waals surface area contributed by atoms with Crippen molar-refractivity contribution in [1.82, 2.24) is 14.8 Å². The van der Waals surface area contributed by atoms with E-state index in [-0.39, 0.29) is 12.1 Å². The van der Waals surface area contributed by atoms with Gasteiger partial charge in [0.15, 0.2) is 20.4 Å². The van der Waals surface area contributed by atoms with E-state index in [2.05, 4.69) is 14.8 Å².